The Kier molecular flexibility index (Phi) is 36.5. The van der Waals surface area contributed by atoms with Gasteiger partial charge >= 0.3 is 13.8 Å². The van der Waals surface area contributed by atoms with Crippen LogP contribution in [0.15, 0.2) is 0 Å². The molecule has 1 saturated heterocycles. The lowest BCUT2D eigenvalue weighted by atomic mass is 9.82. The molecule has 0 aliphatic carbocycles. The number of aliphatic hydroxyl groups excluding tert-OH is 3. The Bertz CT molecular complexity index is 1190. The van der Waals surface area contributed by atoms with Gasteiger partial charge in [-0.3, -0.25) is 18.9 Å². The summed E-state index contributed by atoms with van der Waals surface area (Å²) in [7, 11) is -5.25. The molecule has 14 heteroatoms. The SMILES string of the molecule is CCCCCCCCCCCCCC(=O)O[C@H]1[C@H](CC(=O)C[C@H](O)CCCCCCCCCCC)[C@@H](NC(=O)C[C@H](O)CCCCCCCCCCC)[C@@H](OP(=O)(O)O)O[C@@H]1CO. The number of carbonyl (C=O) groups is 3. The van der Waals surface area contributed by atoms with E-state index in [9.17, 15) is 44.1 Å². The van der Waals surface area contributed by atoms with Crippen molar-refractivity contribution >= 4 is 25.5 Å². The van der Waals surface area contributed by atoms with E-state index in [1.165, 1.54) is 103 Å². The average molecular weight is 920 g/mol. The van der Waals surface area contributed by atoms with Gasteiger partial charge in [-0.2, -0.15) is 0 Å². The normalized spacial score (nSPS) is 20.1. The fourth-order valence-electron chi connectivity index (χ4n) is 8.77. The minimum atomic E-state index is -5.25. The first-order chi connectivity index (χ1) is 30.3. The molecule has 0 saturated carbocycles. The maximum atomic E-state index is 13.7. The number of esters is 1. The van der Waals surface area contributed by atoms with Gasteiger partial charge in [-0.1, -0.05) is 201 Å². The van der Waals surface area contributed by atoms with E-state index in [-0.39, 0.29) is 25.7 Å². The highest BCUT2D eigenvalue weighted by atomic mass is 31.2. The van der Waals surface area contributed by atoms with Gasteiger partial charge < -0.3 is 39.9 Å². The number of unbranched alkanes of at least 4 members (excludes halogenated alkanes) is 26. The highest BCUT2D eigenvalue weighted by molar-refractivity contribution is 7.46. The summed E-state index contributed by atoms with van der Waals surface area (Å²) >= 11 is 0. The fraction of sp³-hybridized carbons (Fsp3) is 0.939. The molecule has 1 rings (SSSR count). The Morgan fingerprint density at radius 2 is 1.00 bits per heavy atom. The van der Waals surface area contributed by atoms with Crippen LogP contribution >= 0.6 is 7.82 Å². The van der Waals surface area contributed by atoms with Gasteiger partial charge in [0.15, 0.2) is 6.29 Å². The maximum absolute atomic E-state index is 13.7. The first-order valence-electron chi connectivity index (χ1n) is 25.7. The summed E-state index contributed by atoms with van der Waals surface area (Å²) in [4.78, 5) is 60.3. The van der Waals surface area contributed by atoms with Crippen LogP contribution in [0.4, 0.5) is 0 Å². The molecule has 1 aliphatic heterocycles. The van der Waals surface area contributed by atoms with Crippen molar-refractivity contribution in [2.75, 3.05) is 6.61 Å². The summed E-state index contributed by atoms with van der Waals surface area (Å²) in [6.07, 6.45) is 25.7. The summed E-state index contributed by atoms with van der Waals surface area (Å²) in [6, 6.07) is -1.41. The van der Waals surface area contributed by atoms with Crippen molar-refractivity contribution in [2.45, 2.75) is 282 Å². The Labute approximate surface area is 382 Å². The highest BCUT2D eigenvalue weighted by Gasteiger charge is 2.51. The molecule has 0 bridgehead atoms. The van der Waals surface area contributed by atoms with E-state index in [1.54, 1.807) is 0 Å². The number of ketones is 1. The predicted octanol–water partition coefficient (Wildman–Crippen LogP) is 10.8. The number of phosphoric acid groups is 1. The van der Waals surface area contributed by atoms with Gasteiger partial charge in [-0.15, -0.1) is 0 Å². The fourth-order valence-corrected chi connectivity index (χ4v) is 9.22. The summed E-state index contributed by atoms with van der Waals surface area (Å²) in [6.45, 7) is 5.86. The number of nitrogens with one attached hydrogen (secondary N) is 1. The number of aliphatic hydroxyl groups is 3. The predicted molar refractivity (Wildman–Crippen MR) is 250 cm³/mol. The second kappa shape index (κ2) is 38.6. The monoisotopic (exact) mass is 920 g/mol. The van der Waals surface area contributed by atoms with Gasteiger partial charge in [0.25, 0.3) is 0 Å². The lowest BCUT2D eigenvalue weighted by molar-refractivity contribution is -0.243. The first kappa shape index (κ1) is 59.6. The van der Waals surface area contributed by atoms with Gasteiger partial charge in [-0.05, 0) is 19.3 Å². The minimum Gasteiger partial charge on any atom is -0.459 e. The molecule has 7 atom stereocenters. The molecule has 0 aromatic heterocycles. The minimum absolute atomic E-state index is 0.0777. The third-order valence-corrected chi connectivity index (χ3v) is 13.0. The number of carbonyl (C=O) groups excluding carboxylic acids is 3. The third kappa shape index (κ3) is 32.0. The Morgan fingerprint density at radius 1 is 0.603 bits per heavy atom. The van der Waals surface area contributed by atoms with Crippen LogP contribution in [0.2, 0.25) is 0 Å². The van der Waals surface area contributed by atoms with E-state index in [0.29, 0.717) is 19.3 Å². The van der Waals surface area contributed by atoms with E-state index >= 15 is 0 Å². The van der Waals surface area contributed by atoms with Crippen molar-refractivity contribution in [2.24, 2.45) is 5.92 Å². The van der Waals surface area contributed by atoms with Crippen LogP contribution in [0.1, 0.15) is 245 Å². The second-order valence-electron chi connectivity index (χ2n) is 18.5. The average Bonchev–Trinajstić information content (AvgIpc) is 3.22. The van der Waals surface area contributed by atoms with Crippen molar-refractivity contribution in [3.8, 4) is 0 Å². The zero-order valence-electron chi connectivity index (χ0n) is 40.0. The maximum Gasteiger partial charge on any atom is 0.472 e. The van der Waals surface area contributed by atoms with Crippen LogP contribution in [0, 0.1) is 5.92 Å². The molecule has 0 unspecified atom stereocenters. The highest BCUT2D eigenvalue weighted by Crippen LogP contribution is 2.43. The van der Waals surface area contributed by atoms with Crippen LogP contribution in [0.3, 0.4) is 0 Å². The van der Waals surface area contributed by atoms with Crippen LogP contribution < -0.4 is 5.32 Å². The van der Waals surface area contributed by atoms with E-state index in [4.69, 9.17) is 14.0 Å². The number of ether oxygens (including phenoxy) is 2. The Balaban J connectivity index is 3.03. The molecule has 6 N–H and O–H groups in total. The van der Waals surface area contributed by atoms with E-state index < -0.39 is 74.8 Å². The number of hydrogen-bond acceptors (Lipinski definition) is 10. The van der Waals surface area contributed by atoms with Crippen LogP contribution in [-0.4, -0.2) is 86.1 Å². The molecular formula is C49H94NO12P. The number of Topliss-reactive ketones (excluding diaryl/α,β-unsaturated/α-hetero) is 1. The molecule has 1 amide bonds. The number of hydrogen-bond donors (Lipinski definition) is 6. The zero-order chi connectivity index (χ0) is 46.6. The molecule has 13 nitrogen and oxygen atoms in total. The molecule has 0 aromatic carbocycles. The standard InChI is InChI=1S/C49H94NO12P/c1-4-7-10-13-16-19-20-23-26-29-32-35-46(56)61-48-43(37-42(54)36-40(52)33-30-27-24-21-17-14-11-8-5-2)47(49(60-44(48)39-51)62-63(57,58)59)50-45(55)38-41(53)34-31-28-25-22-18-15-12-9-6-3/h40-41,43-44,47-49,51-53H,4-39H2,1-3H3,(H,50,55)(H2,57,58,59)/t40-,41-,43-,44-,47-,48+,49-/m1/s1. The molecule has 1 heterocycles. The third-order valence-electron chi connectivity index (χ3n) is 12.5. The van der Waals surface area contributed by atoms with E-state index in [1.807, 2.05) is 0 Å². The van der Waals surface area contributed by atoms with Crippen molar-refractivity contribution in [3.63, 3.8) is 0 Å². The Morgan fingerprint density at radius 3 is 1.41 bits per heavy atom. The number of amides is 1. The number of phosphoric ester groups is 1. The molecular weight excluding hydrogens is 826 g/mol. The largest absolute Gasteiger partial charge is 0.472 e. The zero-order valence-corrected chi connectivity index (χ0v) is 40.9. The van der Waals surface area contributed by atoms with Crippen molar-refractivity contribution in [1.29, 1.82) is 0 Å². The van der Waals surface area contributed by atoms with Gasteiger partial charge in [-0.25, -0.2) is 4.57 Å². The molecule has 1 fully saturated rings. The lowest BCUT2D eigenvalue weighted by Gasteiger charge is -2.45. The summed E-state index contributed by atoms with van der Waals surface area (Å²) < 4.78 is 29.0. The van der Waals surface area contributed by atoms with Crippen LogP contribution in [0.25, 0.3) is 0 Å². The quantitative estimate of drug-likeness (QED) is 0.0192. The first-order valence-corrected chi connectivity index (χ1v) is 27.2. The Hall–Kier alpha value is -1.44. The molecule has 0 radical (unpaired) electrons. The van der Waals surface area contributed by atoms with Gasteiger partial charge in [0.05, 0.1) is 31.3 Å². The van der Waals surface area contributed by atoms with E-state index in [2.05, 4.69) is 26.1 Å². The van der Waals surface area contributed by atoms with Crippen LogP contribution in [-0.2, 0) is 32.9 Å². The van der Waals surface area contributed by atoms with Gasteiger partial charge in [0, 0.05) is 25.2 Å². The molecule has 372 valence electrons. The lowest BCUT2D eigenvalue weighted by Crippen LogP contribution is -2.63. The van der Waals surface area contributed by atoms with Gasteiger partial charge in [0.1, 0.15) is 18.0 Å². The number of rotatable bonds is 43. The van der Waals surface area contributed by atoms with Crippen molar-refractivity contribution in [3.05, 3.63) is 0 Å². The smallest absolute Gasteiger partial charge is 0.459 e. The molecule has 0 spiro atoms. The van der Waals surface area contributed by atoms with E-state index in [0.717, 1.165) is 77.0 Å². The second-order valence-corrected chi connectivity index (χ2v) is 19.7. The van der Waals surface area contributed by atoms with Crippen molar-refractivity contribution in [1.82, 2.24) is 5.32 Å². The molecule has 1 aliphatic rings. The summed E-state index contributed by atoms with van der Waals surface area (Å²) in [5.74, 6) is -2.80. The topological polar surface area (TPSA) is 209 Å². The summed E-state index contributed by atoms with van der Waals surface area (Å²) in [5.41, 5.74) is 0. The molecule has 0 aromatic rings. The van der Waals surface area contributed by atoms with Gasteiger partial charge in [0.2, 0.25) is 5.91 Å². The summed E-state index contributed by atoms with van der Waals surface area (Å²) in [5, 5.41) is 34.8. The van der Waals surface area contributed by atoms with Crippen LogP contribution in [0.5, 0.6) is 0 Å². The molecule has 63 heavy (non-hydrogen) atoms. The van der Waals surface area contributed by atoms with Crippen molar-refractivity contribution < 1.29 is 58.1 Å².